The quantitative estimate of drug-likeness (QED) is 0.864. The van der Waals surface area contributed by atoms with Crippen LogP contribution in [-0.4, -0.2) is 47.5 Å². The van der Waals surface area contributed by atoms with Crippen LogP contribution in [0.1, 0.15) is 38.1 Å². The standard InChI is InChI=1S/C14H25N5O/c1-4-12-13(5-2)17-18-14(16-12)19-7-6-11(20-3)8-10(19)9-15/h10-11H,4-9,15H2,1-3H3. The van der Waals surface area contributed by atoms with Crippen molar-refractivity contribution in [2.75, 3.05) is 25.1 Å². The van der Waals surface area contributed by atoms with Crippen molar-refractivity contribution in [3.05, 3.63) is 11.4 Å². The molecule has 1 aliphatic heterocycles. The number of nitrogens with two attached hydrogens (primary N) is 1. The molecule has 2 atom stereocenters. The molecule has 1 aromatic heterocycles. The first-order valence-electron chi connectivity index (χ1n) is 7.45. The number of ether oxygens (including phenoxy) is 1. The second-order valence-corrected chi connectivity index (χ2v) is 5.18. The van der Waals surface area contributed by atoms with Gasteiger partial charge in [-0.2, -0.15) is 5.10 Å². The second-order valence-electron chi connectivity index (χ2n) is 5.18. The van der Waals surface area contributed by atoms with Crippen LogP contribution in [-0.2, 0) is 17.6 Å². The van der Waals surface area contributed by atoms with Crippen LogP contribution in [0, 0.1) is 0 Å². The molecule has 112 valence electrons. The number of aromatic nitrogens is 3. The molecule has 0 bridgehead atoms. The number of hydrogen-bond donors (Lipinski definition) is 1. The smallest absolute Gasteiger partial charge is 0.245 e. The monoisotopic (exact) mass is 279 g/mol. The van der Waals surface area contributed by atoms with E-state index >= 15 is 0 Å². The Kier molecular flexibility index (Phi) is 5.25. The maximum Gasteiger partial charge on any atom is 0.245 e. The van der Waals surface area contributed by atoms with E-state index in [9.17, 15) is 0 Å². The Morgan fingerprint density at radius 2 is 2.00 bits per heavy atom. The summed E-state index contributed by atoms with van der Waals surface area (Å²) < 4.78 is 5.45. The summed E-state index contributed by atoms with van der Waals surface area (Å²) in [6.07, 6.45) is 3.94. The minimum absolute atomic E-state index is 0.229. The van der Waals surface area contributed by atoms with E-state index in [1.54, 1.807) is 7.11 Å². The van der Waals surface area contributed by atoms with E-state index in [1.807, 2.05) is 0 Å². The van der Waals surface area contributed by atoms with Crippen LogP contribution in [0.25, 0.3) is 0 Å². The summed E-state index contributed by atoms with van der Waals surface area (Å²) in [5.74, 6) is 0.712. The average Bonchev–Trinajstić information content (AvgIpc) is 2.53. The van der Waals surface area contributed by atoms with Crippen molar-refractivity contribution in [2.24, 2.45) is 5.73 Å². The first kappa shape index (κ1) is 15.1. The lowest BCUT2D eigenvalue weighted by Crippen LogP contribution is -2.49. The van der Waals surface area contributed by atoms with Gasteiger partial charge < -0.3 is 15.4 Å². The van der Waals surface area contributed by atoms with Crippen molar-refractivity contribution in [3.63, 3.8) is 0 Å². The molecule has 2 unspecified atom stereocenters. The molecule has 0 saturated carbocycles. The summed E-state index contributed by atoms with van der Waals surface area (Å²) in [7, 11) is 1.76. The molecule has 20 heavy (non-hydrogen) atoms. The number of hydrogen-bond acceptors (Lipinski definition) is 6. The third-order valence-electron chi connectivity index (χ3n) is 4.03. The van der Waals surface area contributed by atoms with Crippen molar-refractivity contribution < 1.29 is 4.74 Å². The number of anilines is 1. The molecule has 1 aliphatic rings. The molecule has 1 aromatic rings. The molecule has 0 radical (unpaired) electrons. The van der Waals surface area contributed by atoms with Gasteiger partial charge in [-0.15, -0.1) is 5.10 Å². The Bertz CT molecular complexity index is 440. The van der Waals surface area contributed by atoms with E-state index in [0.29, 0.717) is 12.5 Å². The van der Waals surface area contributed by atoms with Crippen LogP contribution in [0.4, 0.5) is 5.95 Å². The fourth-order valence-electron chi connectivity index (χ4n) is 2.76. The zero-order valence-corrected chi connectivity index (χ0v) is 12.7. The highest BCUT2D eigenvalue weighted by Gasteiger charge is 2.29. The zero-order chi connectivity index (χ0) is 14.5. The minimum Gasteiger partial charge on any atom is -0.381 e. The Morgan fingerprint density at radius 1 is 1.25 bits per heavy atom. The van der Waals surface area contributed by atoms with E-state index in [2.05, 4.69) is 28.9 Å². The molecule has 0 spiro atoms. The second kappa shape index (κ2) is 6.95. The third kappa shape index (κ3) is 3.07. The van der Waals surface area contributed by atoms with Crippen LogP contribution < -0.4 is 10.6 Å². The molecule has 6 heteroatoms. The van der Waals surface area contributed by atoms with Crippen LogP contribution in [0.15, 0.2) is 0 Å². The van der Waals surface area contributed by atoms with Crippen molar-refractivity contribution in [1.82, 2.24) is 15.2 Å². The fraction of sp³-hybridized carbons (Fsp3) is 0.786. The van der Waals surface area contributed by atoms with E-state index in [0.717, 1.165) is 43.6 Å². The maximum absolute atomic E-state index is 5.90. The lowest BCUT2D eigenvalue weighted by molar-refractivity contribution is 0.0705. The van der Waals surface area contributed by atoms with Crippen LogP contribution in [0.3, 0.4) is 0 Å². The van der Waals surface area contributed by atoms with Gasteiger partial charge in [-0.3, -0.25) is 0 Å². The number of nitrogens with zero attached hydrogens (tertiary/aromatic N) is 4. The average molecular weight is 279 g/mol. The maximum atomic E-state index is 5.90. The van der Waals surface area contributed by atoms with Gasteiger partial charge in [-0.05, 0) is 25.7 Å². The molecule has 6 nitrogen and oxygen atoms in total. The van der Waals surface area contributed by atoms with Gasteiger partial charge in [0.25, 0.3) is 0 Å². The van der Waals surface area contributed by atoms with E-state index in [-0.39, 0.29) is 12.1 Å². The first-order valence-corrected chi connectivity index (χ1v) is 7.45. The Labute approximate surface area is 120 Å². The molecule has 0 aromatic carbocycles. The summed E-state index contributed by atoms with van der Waals surface area (Å²) in [5.41, 5.74) is 7.94. The first-order chi connectivity index (χ1) is 9.73. The van der Waals surface area contributed by atoms with E-state index < -0.39 is 0 Å². The molecular formula is C14H25N5O. The summed E-state index contributed by atoms with van der Waals surface area (Å²) in [6, 6.07) is 0.229. The molecule has 1 saturated heterocycles. The van der Waals surface area contributed by atoms with Crippen molar-refractivity contribution >= 4 is 5.95 Å². The van der Waals surface area contributed by atoms with Gasteiger partial charge in [0.15, 0.2) is 0 Å². The predicted octanol–water partition coefficient (Wildman–Crippen LogP) is 0.939. The lowest BCUT2D eigenvalue weighted by atomic mass is 10.00. The highest BCUT2D eigenvalue weighted by atomic mass is 16.5. The topological polar surface area (TPSA) is 77.2 Å². The van der Waals surface area contributed by atoms with E-state index in [4.69, 9.17) is 15.5 Å². The highest BCUT2D eigenvalue weighted by molar-refractivity contribution is 5.33. The van der Waals surface area contributed by atoms with Crippen molar-refractivity contribution in [3.8, 4) is 0 Å². The van der Waals surface area contributed by atoms with E-state index in [1.165, 1.54) is 0 Å². The number of piperidine rings is 1. The Hall–Kier alpha value is -1.27. The molecule has 0 aliphatic carbocycles. The molecule has 0 amide bonds. The van der Waals surface area contributed by atoms with Gasteiger partial charge in [0.05, 0.1) is 17.5 Å². The van der Waals surface area contributed by atoms with Gasteiger partial charge in [0.1, 0.15) is 0 Å². The van der Waals surface area contributed by atoms with Gasteiger partial charge in [0, 0.05) is 26.2 Å². The van der Waals surface area contributed by atoms with Gasteiger partial charge in [-0.25, -0.2) is 4.98 Å². The largest absolute Gasteiger partial charge is 0.381 e. The molecular weight excluding hydrogens is 254 g/mol. The molecule has 2 rings (SSSR count). The van der Waals surface area contributed by atoms with Gasteiger partial charge in [0.2, 0.25) is 5.95 Å². The summed E-state index contributed by atoms with van der Waals surface area (Å²) in [6.45, 7) is 5.64. The van der Waals surface area contributed by atoms with Crippen LogP contribution in [0.2, 0.25) is 0 Å². The number of rotatable bonds is 5. The third-order valence-corrected chi connectivity index (χ3v) is 4.03. The molecule has 2 N–H and O–H groups in total. The van der Waals surface area contributed by atoms with Crippen molar-refractivity contribution in [1.29, 1.82) is 0 Å². The van der Waals surface area contributed by atoms with Gasteiger partial charge >= 0.3 is 0 Å². The number of methoxy groups -OCH3 is 1. The van der Waals surface area contributed by atoms with Crippen molar-refractivity contribution in [2.45, 2.75) is 51.7 Å². The fourth-order valence-corrected chi connectivity index (χ4v) is 2.76. The summed E-state index contributed by atoms with van der Waals surface area (Å²) >= 11 is 0. The summed E-state index contributed by atoms with van der Waals surface area (Å²) in [5, 5.41) is 8.62. The normalized spacial score (nSPS) is 23.1. The number of aryl methyl sites for hydroxylation is 2. The molecule has 1 fully saturated rings. The van der Waals surface area contributed by atoms with Crippen LogP contribution in [0.5, 0.6) is 0 Å². The van der Waals surface area contributed by atoms with Gasteiger partial charge in [-0.1, -0.05) is 13.8 Å². The predicted molar refractivity (Wildman–Crippen MR) is 78.8 cm³/mol. The Balaban J connectivity index is 2.21. The highest BCUT2D eigenvalue weighted by Crippen LogP contribution is 2.23. The molecule has 2 heterocycles. The van der Waals surface area contributed by atoms with Crippen LogP contribution >= 0.6 is 0 Å². The Morgan fingerprint density at radius 3 is 2.60 bits per heavy atom. The minimum atomic E-state index is 0.229. The SMILES string of the molecule is CCc1nnc(N2CCC(OC)CC2CN)nc1CC. The zero-order valence-electron chi connectivity index (χ0n) is 12.7. The summed E-state index contributed by atoms with van der Waals surface area (Å²) in [4.78, 5) is 6.87. The lowest BCUT2D eigenvalue weighted by Gasteiger charge is -2.38.